The summed E-state index contributed by atoms with van der Waals surface area (Å²) >= 11 is 7.91. The maximum atomic E-state index is 14.5. The maximum absolute atomic E-state index is 14.5. The van der Waals surface area contributed by atoms with Gasteiger partial charge in [-0.1, -0.05) is 56.0 Å². The molecule has 0 bridgehead atoms. The zero-order valence-electron chi connectivity index (χ0n) is 43.5. The van der Waals surface area contributed by atoms with Crippen molar-refractivity contribution < 1.29 is 38.2 Å². The number of aryl methyl sites for hydroxylation is 2. The van der Waals surface area contributed by atoms with Crippen molar-refractivity contribution in [3.05, 3.63) is 97.4 Å². The van der Waals surface area contributed by atoms with E-state index in [4.69, 9.17) is 30.8 Å². The molecule has 2 aromatic heterocycles. The number of thiophene rings is 1. The van der Waals surface area contributed by atoms with Gasteiger partial charge >= 0.3 is 0 Å². The third-order valence-corrected chi connectivity index (χ3v) is 16.2. The molecule has 2 fully saturated rings. The van der Waals surface area contributed by atoms with Crippen LogP contribution in [-0.2, 0) is 33.4 Å². The summed E-state index contributed by atoms with van der Waals surface area (Å²) in [7, 11) is 3.30. The molecule has 2 aliphatic heterocycles. The molecule has 1 saturated carbocycles. The molecule has 20 heteroatoms. The number of halogens is 1. The Morgan fingerprint density at radius 2 is 1.54 bits per heavy atom. The number of nitrogens with zero attached hydrogens (tertiary/aromatic N) is 6. The Bertz CT molecular complexity index is 2780. The monoisotopic (exact) mass is 1050 g/mol. The number of likely N-dealkylation sites (N-methyl/N-ethyl adjacent to an activating group) is 1. The van der Waals surface area contributed by atoms with Crippen LogP contribution in [0.1, 0.15) is 109 Å². The number of rotatable bonds is 20. The highest BCUT2D eigenvalue weighted by molar-refractivity contribution is 7.15. The van der Waals surface area contributed by atoms with Gasteiger partial charge in [-0.15, -0.1) is 21.5 Å². The second-order valence-electron chi connectivity index (χ2n) is 19.4. The second kappa shape index (κ2) is 24.6. The van der Waals surface area contributed by atoms with Crippen LogP contribution in [0.4, 0.5) is 0 Å². The van der Waals surface area contributed by atoms with Gasteiger partial charge in [0.05, 0.1) is 57.3 Å². The molecular weight excluding hydrogens is 984 g/mol. The normalized spacial score (nSPS) is 18.4. The molecule has 396 valence electrons. The Balaban J connectivity index is 0.810. The van der Waals surface area contributed by atoms with Crippen molar-refractivity contribution in [3.8, 4) is 10.8 Å². The van der Waals surface area contributed by atoms with Gasteiger partial charge in [-0.05, 0) is 94.5 Å². The fraction of sp³-hybridized carbons (Fsp3) is 0.519. The van der Waals surface area contributed by atoms with E-state index >= 15 is 0 Å². The van der Waals surface area contributed by atoms with E-state index in [2.05, 4.69) is 45.3 Å². The molecule has 0 spiro atoms. The van der Waals surface area contributed by atoms with E-state index in [0.29, 0.717) is 65.3 Å². The molecule has 4 aliphatic rings. The Morgan fingerprint density at radius 3 is 2.22 bits per heavy atom. The first-order valence-corrected chi connectivity index (χ1v) is 26.9. The predicted octanol–water partition coefficient (Wildman–Crippen LogP) is 5.38. The van der Waals surface area contributed by atoms with Gasteiger partial charge in [-0.2, -0.15) is 0 Å². The topological polar surface area (TPSA) is 211 Å². The maximum Gasteiger partial charge on any atom is 0.252 e. The van der Waals surface area contributed by atoms with Gasteiger partial charge in [0.15, 0.2) is 5.82 Å². The SMILES string of the molecule is CN[C@@H](C)C(=O)N[C@H](C(=O)N1CCN(C(=O)C2=C(C(=O)NCCOCCOCCNC(=O)C[C@@H]3N=C(c4ccc(Cl)cc4)c4c(sc(C)c4C)-n4c(C)nnc43)c3ccc(OC)cc3C2C)CC1)C1CCCCC1. The summed E-state index contributed by atoms with van der Waals surface area (Å²) < 4.78 is 19.1. The summed E-state index contributed by atoms with van der Waals surface area (Å²) in [4.78, 5) is 78.8. The molecule has 4 N–H and O–H groups in total. The molecule has 1 unspecified atom stereocenters. The van der Waals surface area contributed by atoms with E-state index in [1.807, 2.05) is 54.8 Å². The molecule has 5 amide bonds. The summed E-state index contributed by atoms with van der Waals surface area (Å²) in [6.07, 6.45) is 4.99. The van der Waals surface area contributed by atoms with E-state index in [0.717, 1.165) is 69.9 Å². The fourth-order valence-electron chi connectivity index (χ4n) is 10.4. The van der Waals surface area contributed by atoms with Crippen LogP contribution in [0.5, 0.6) is 5.75 Å². The van der Waals surface area contributed by atoms with Crippen molar-refractivity contribution in [2.45, 2.75) is 97.2 Å². The minimum atomic E-state index is -0.620. The van der Waals surface area contributed by atoms with Gasteiger partial charge in [-0.3, -0.25) is 33.5 Å². The third kappa shape index (κ3) is 11.9. The van der Waals surface area contributed by atoms with Gasteiger partial charge in [0, 0.05) is 71.8 Å². The minimum Gasteiger partial charge on any atom is -0.497 e. The molecule has 1 saturated heterocycles. The van der Waals surface area contributed by atoms with Crippen LogP contribution in [0.3, 0.4) is 0 Å². The summed E-state index contributed by atoms with van der Waals surface area (Å²) in [6, 6.07) is 11.4. The van der Waals surface area contributed by atoms with Crippen LogP contribution in [-0.4, -0.2) is 152 Å². The van der Waals surface area contributed by atoms with Crippen molar-refractivity contribution in [2.75, 3.05) is 79.9 Å². The van der Waals surface area contributed by atoms with Crippen LogP contribution in [0.2, 0.25) is 5.02 Å². The number of ether oxygens (including phenoxy) is 3. The predicted molar refractivity (Wildman–Crippen MR) is 284 cm³/mol. The number of methoxy groups -OCH3 is 1. The molecule has 74 heavy (non-hydrogen) atoms. The highest BCUT2D eigenvalue weighted by Gasteiger charge is 2.41. The molecule has 0 radical (unpaired) electrons. The lowest BCUT2D eigenvalue weighted by Gasteiger charge is -2.39. The number of carbonyl (C=O) groups excluding carboxylic acids is 5. The van der Waals surface area contributed by atoms with E-state index < -0.39 is 18.1 Å². The largest absolute Gasteiger partial charge is 0.497 e. The number of fused-ring (bicyclic) bond motifs is 4. The first-order chi connectivity index (χ1) is 35.7. The molecule has 2 aromatic carbocycles. The average Bonchev–Trinajstić information content (AvgIpc) is 4.02. The number of hydrogen-bond donors (Lipinski definition) is 4. The Morgan fingerprint density at radius 1 is 0.865 bits per heavy atom. The zero-order valence-corrected chi connectivity index (χ0v) is 45.0. The smallest absolute Gasteiger partial charge is 0.252 e. The number of amides is 5. The summed E-state index contributed by atoms with van der Waals surface area (Å²) in [5, 5.41) is 22.4. The minimum absolute atomic E-state index is 0.0579. The number of carbonyl (C=O) groups is 5. The standard InChI is InChI=1S/C54H69ClN10O8S/c1-31-34(4)74-54-45(31)47(37-13-15-38(55)16-14-37)59-42(49-62-61-35(5)65(49)54)30-43(66)57-19-25-72-27-28-73-26-20-58-51(68)46-40-18-17-39(71-7)29-41(40)32(2)44(46)52(69)63-21-23-64(24-22-63)53(70)48(36-11-9-8-10-12-36)60-50(67)33(3)56-6/h13-18,29,32-33,36,42,48,56H,8-12,19-28,30H2,1-7H3,(H,57,66)(H,58,68)(H,60,67)/t32?,33-,42-,48-/m0/s1. The van der Waals surface area contributed by atoms with E-state index in [9.17, 15) is 24.0 Å². The molecule has 2 aliphatic carbocycles. The Labute approximate surface area is 442 Å². The van der Waals surface area contributed by atoms with Gasteiger partial charge in [0.2, 0.25) is 17.7 Å². The van der Waals surface area contributed by atoms with E-state index in [1.165, 1.54) is 0 Å². The van der Waals surface area contributed by atoms with Crippen molar-refractivity contribution >= 4 is 63.8 Å². The summed E-state index contributed by atoms with van der Waals surface area (Å²) in [5.41, 5.74) is 5.98. The Kier molecular flexibility index (Phi) is 18.0. The van der Waals surface area contributed by atoms with Crippen molar-refractivity contribution in [3.63, 3.8) is 0 Å². The van der Waals surface area contributed by atoms with E-state index in [-0.39, 0.29) is 87.3 Å². The second-order valence-corrected chi connectivity index (χ2v) is 21.1. The molecule has 4 atom stereocenters. The first kappa shape index (κ1) is 54.3. The average molecular weight is 1050 g/mol. The third-order valence-electron chi connectivity index (χ3n) is 14.8. The number of hydrogen-bond acceptors (Lipinski definition) is 13. The van der Waals surface area contributed by atoms with E-state index in [1.54, 1.807) is 48.3 Å². The zero-order chi connectivity index (χ0) is 52.6. The van der Waals surface area contributed by atoms with Crippen LogP contribution in [0.25, 0.3) is 10.6 Å². The highest BCUT2D eigenvalue weighted by atomic mass is 35.5. The van der Waals surface area contributed by atoms with Crippen LogP contribution >= 0.6 is 22.9 Å². The van der Waals surface area contributed by atoms with Gasteiger partial charge in [-0.25, -0.2) is 0 Å². The van der Waals surface area contributed by atoms with Crippen molar-refractivity contribution in [1.29, 1.82) is 0 Å². The number of nitrogens with one attached hydrogen (secondary N) is 4. The summed E-state index contributed by atoms with van der Waals surface area (Å²) in [5.74, 6) is 0.449. The first-order valence-electron chi connectivity index (χ1n) is 25.8. The fourth-order valence-corrected chi connectivity index (χ4v) is 11.7. The number of benzene rings is 2. The number of aliphatic imine (C=N–C) groups is 1. The van der Waals surface area contributed by atoms with Crippen molar-refractivity contribution in [2.24, 2.45) is 10.9 Å². The Hall–Kier alpha value is -5.99. The molecule has 4 aromatic rings. The van der Waals surface area contributed by atoms with Crippen LogP contribution in [0.15, 0.2) is 53.0 Å². The van der Waals surface area contributed by atoms with Crippen molar-refractivity contribution in [1.82, 2.24) is 45.8 Å². The summed E-state index contributed by atoms with van der Waals surface area (Å²) in [6.45, 7) is 12.4. The highest BCUT2D eigenvalue weighted by Crippen LogP contribution is 2.45. The van der Waals surface area contributed by atoms with Gasteiger partial charge in [0.1, 0.15) is 28.7 Å². The molecular formula is C54H69ClN10O8S. The van der Waals surface area contributed by atoms with Gasteiger partial charge < -0.3 is 45.3 Å². The quantitative estimate of drug-likeness (QED) is 0.0827. The van der Waals surface area contributed by atoms with Crippen LogP contribution < -0.4 is 26.0 Å². The molecule has 4 heterocycles. The number of piperazine rings is 1. The van der Waals surface area contributed by atoms with Gasteiger partial charge in [0.25, 0.3) is 11.8 Å². The lowest BCUT2D eigenvalue weighted by Crippen LogP contribution is -2.59. The van der Waals surface area contributed by atoms with Crippen LogP contribution in [0, 0.1) is 26.7 Å². The number of aromatic nitrogens is 3. The molecule has 18 nitrogen and oxygen atoms in total. The molecule has 8 rings (SSSR count). The lowest BCUT2D eigenvalue weighted by atomic mass is 9.83. The lowest BCUT2D eigenvalue weighted by molar-refractivity contribution is -0.142.